The molecule has 0 spiro atoms. The summed E-state index contributed by atoms with van der Waals surface area (Å²) < 4.78 is 16.3. The minimum absolute atomic E-state index is 0.184. The number of amides is 2. The summed E-state index contributed by atoms with van der Waals surface area (Å²) in [6.07, 6.45) is 0.468. The zero-order valence-electron chi connectivity index (χ0n) is 19.9. The molecule has 0 fully saturated rings. The molecule has 1 N–H and O–H groups in total. The third-order valence-corrected chi connectivity index (χ3v) is 5.28. The Morgan fingerprint density at radius 2 is 1.58 bits per heavy atom. The van der Waals surface area contributed by atoms with Gasteiger partial charge in [-0.1, -0.05) is 44.5 Å². The topological polar surface area (TPSA) is 77.1 Å². The molecule has 0 aliphatic rings. The van der Waals surface area contributed by atoms with Gasteiger partial charge in [-0.3, -0.25) is 9.59 Å². The molecule has 0 saturated carbocycles. The fourth-order valence-corrected chi connectivity index (χ4v) is 3.35. The summed E-state index contributed by atoms with van der Waals surface area (Å²) in [7, 11) is 3.08. The molecular weight excluding hydrogens is 444 g/mol. The molecule has 180 valence electrons. The van der Waals surface area contributed by atoms with Crippen LogP contribution in [0.3, 0.4) is 0 Å². The molecule has 2 aromatic rings. The van der Waals surface area contributed by atoms with E-state index in [1.54, 1.807) is 49.5 Å². The van der Waals surface area contributed by atoms with Crippen molar-refractivity contribution in [2.75, 3.05) is 27.4 Å². The van der Waals surface area contributed by atoms with Crippen LogP contribution in [0.15, 0.2) is 42.5 Å². The summed E-state index contributed by atoms with van der Waals surface area (Å²) in [4.78, 5) is 27.7. The molecule has 0 bridgehead atoms. The Morgan fingerprint density at radius 1 is 1.00 bits per heavy atom. The second kappa shape index (κ2) is 12.9. The van der Waals surface area contributed by atoms with Gasteiger partial charge in [-0.2, -0.15) is 0 Å². The summed E-state index contributed by atoms with van der Waals surface area (Å²) >= 11 is 6.00. The molecule has 1 atom stereocenters. The van der Waals surface area contributed by atoms with Gasteiger partial charge in [-0.25, -0.2) is 0 Å². The highest BCUT2D eigenvalue weighted by Gasteiger charge is 2.29. The number of nitrogens with zero attached hydrogens (tertiary/aromatic N) is 1. The monoisotopic (exact) mass is 476 g/mol. The molecule has 2 aromatic carbocycles. The summed E-state index contributed by atoms with van der Waals surface area (Å²) in [6.45, 7) is 6.49. The van der Waals surface area contributed by atoms with E-state index < -0.39 is 6.04 Å². The minimum atomic E-state index is -0.629. The molecule has 0 aliphatic heterocycles. The molecule has 33 heavy (non-hydrogen) atoms. The molecule has 0 saturated heterocycles. The van der Waals surface area contributed by atoms with Gasteiger partial charge < -0.3 is 24.4 Å². The van der Waals surface area contributed by atoms with Crippen LogP contribution in [0.25, 0.3) is 0 Å². The molecule has 2 rings (SSSR count). The quantitative estimate of drug-likeness (QED) is 0.493. The lowest BCUT2D eigenvalue weighted by Crippen LogP contribution is -2.50. The normalized spacial score (nSPS) is 11.6. The molecule has 0 radical (unpaired) electrons. The van der Waals surface area contributed by atoms with E-state index >= 15 is 0 Å². The highest BCUT2D eigenvalue weighted by Crippen LogP contribution is 2.27. The SMILES string of the molecule is CCC(C(=O)NCC(C)C)N(Cc1ccc(Cl)cc1)C(=O)COc1cc(OC)cc(OC)c1. The van der Waals surface area contributed by atoms with Crippen molar-refractivity contribution in [3.63, 3.8) is 0 Å². The second-order valence-corrected chi connectivity index (χ2v) is 8.48. The molecular formula is C25H33ClN2O5. The van der Waals surface area contributed by atoms with Gasteiger partial charge in [-0.15, -0.1) is 0 Å². The Kier molecular flexibility index (Phi) is 10.3. The number of carbonyl (C=O) groups is 2. The predicted octanol–water partition coefficient (Wildman–Crippen LogP) is 4.32. The first-order valence-electron chi connectivity index (χ1n) is 10.9. The van der Waals surface area contributed by atoms with Crippen LogP contribution in [0, 0.1) is 5.92 Å². The van der Waals surface area contributed by atoms with Crippen LogP contribution in [-0.2, 0) is 16.1 Å². The van der Waals surface area contributed by atoms with Crippen molar-refractivity contribution in [1.82, 2.24) is 10.2 Å². The van der Waals surface area contributed by atoms with Crippen LogP contribution >= 0.6 is 11.6 Å². The lowest BCUT2D eigenvalue weighted by molar-refractivity contribution is -0.143. The van der Waals surface area contributed by atoms with Crippen LogP contribution in [0.4, 0.5) is 0 Å². The first-order valence-corrected chi connectivity index (χ1v) is 11.3. The number of hydrogen-bond donors (Lipinski definition) is 1. The van der Waals surface area contributed by atoms with Gasteiger partial charge in [0.05, 0.1) is 14.2 Å². The van der Waals surface area contributed by atoms with Gasteiger partial charge in [0, 0.05) is 36.3 Å². The van der Waals surface area contributed by atoms with Crippen LogP contribution < -0.4 is 19.5 Å². The molecule has 7 nitrogen and oxygen atoms in total. The van der Waals surface area contributed by atoms with E-state index in [1.165, 1.54) is 0 Å². The number of benzene rings is 2. The zero-order valence-corrected chi connectivity index (χ0v) is 20.6. The first kappa shape index (κ1) is 26.3. The van der Waals surface area contributed by atoms with E-state index in [-0.39, 0.29) is 25.0 Å². The summed E-state index contributed by atoms with van der Waals surface area (Å²) in [6, 6.07) is 11.6. The third kappa shape index (κ3) is 8.17. The van der Waals surface area contributed by atoms with Crippen LogP contribution in [0.2, 0.25) is 5.02 Å². The molecule has 0 heterocycles. The van der Waals surface area contributed by atoms with Crippen molar-refractivity contribution in [2.24, 2.45) is 5.92 Å². The fourth-order valence-electron chi connectivity index (χ4n) is 3.22. The number of ether oxygens (including phenoxy) is 3. The minimum Gasteiger partial charge on any atom is -0.496 e. The number of carbonyl (C=O) groups excluding carboxylic acids is 2. The largest absolute Gasteiger partial charge is 0.496 e. The third-order valence-electron chi connectivity index (χ3n) is 5.02. The van der Waals surface area contributed by atoms with E-state index in [4.69, 9.17) is 25.8 Å². The van der Waals surface area contributed by atoms with Crippen molar-refractivity contribution in [2.45, 2.75) is 39.8 Å². The maximum Gasteiger partial charge on any atom is 0.261 e. The van der Waals surface area contributed by atoms with E-state index in [1.807, 2.05) is 32.9 Å². The van der Waals surface area contributed by atoms with Crippen molar-refractivity contribution in [1.29, 1.82) is 0 Å². The Balaban J connectivity index is 2.22. The Labute approximate surface area is 201 Å². The van der Waals surface area contributed by atoms with Crippen molar-refractivity contribution >= 4 is 23.4 Å². The highest BCUT2D eigenvalue weighted by atomic mass is 35.5. The van der Waals surface area contributed by atoms with Gasteiger partial charge in [0.25, 0.3) is 5.91 Å². The number of rotatable bonds is 12. The average molecular weight is 477 g/mol. The summed E-state index contributed by atoms with van der Waals surface area (Å²) in [5, 5.41) is 3.54. The van der Waals surface area contributed by atoms with E-state index in [2.05, 4.69) is 5.32 Å². The van der Waals surface area contributed by atoms with E-state index in [0.717, 1.165) is 5.56 Å². The molecule has 1 unspecified atom stereocenters. The fraction of sp³-hybridized carbons (Fsp3) is 0.440. The van der Waals surface area contributed by atoms with Crippen molar-refractivity contribution in [3.8, 4) is 17.2 Å². The molecule has 8 heteroatoms. The maximum absolute atomic E-state index is 13.3. The van der Waals surface area contributed by atoms with Gasteiger partial charge in [0.2, 0.25) is 5.91 Å². The number of halogens is 1. The number of nitrogens with one attached hydrogen (secondary N) is 1. The van der Waals surface area contributed by atoms with Crippen LogP contribution in [0.5, 0.6) is 17.2 Å². The Bertz CT molecular complexity index is 895. The summed E-state index contributed by atoms with van der Waals surface area (Å²) in [5.74, 6) is 1.35. The van der Waals surface area contributed by atoms with E-state index in [0.29, 0.717) is 41.2 Å². The standard InChI is InChI=1S/C25H33ClN2O5/c1-6-23(25(30)27-14-17(2)3)28(15-18-7-9-19(26)10-8-18)24(29)16-33-22-12-20(31-4)11-21(13-22)32-5/h7-13,17,23H,6,14-16H2,1-5H3,(H,27,30). The van der Waals surface area contributed by atoms with Gasteiger partial charge >= 0.3 is 0 Å². The Hall–Kier alpha value is -2.93. The number of methoxy groups -OCH3 is 2. The summed E-state index contributed by atoms with van der Waals surface area (Å²) in [5.41, 5.74) is 0.867. The predicted molar refractivity (Wildman–Crippen MR) is 129 cm³/mol. The molecule has 0 aliphatic carbocycles. The smallest absolute Gasteiger partial charge is 0.261 e. The zero-order chi connectivity index (χ0) is 24.4. The second-order valence-electron chi connectivity index (χ2n) is 8.05. The lowest BCUT2D eigenvalue weighted by Gasteiger charge is -2.31. The van der Waals surface area contributed by atoms with E-state index in [9.17, 15) is 9.59 Å². The number of hydrogen-bond acceptors (Lipinski definition) is 5. The maximum atomic E-state index is 13.3. The van der Waals surface area contributed by atoms with Gasteiger partial charge in [0.1, 0.15) is 23.3 Å². The highest BCUT2D eigenvalue weighted by molar-refractivity contribution is 6.30. The van der Waals surface area contributed by atoms with Crippen molar-refractivity contribution in [3.05, 3.63) is 53.1 Å². The van der Waals surface area contributed by atoms with Crippen LogP contribution in [-0.4, -0.2) is 50.1 Å². The first-order chi connectivity index (χ1) is 15.8. The van der Waals surface area contributed by atoms with Crippen molar-refractivity contribution < 1.29 is 23.8 Å². The van der Waals surface area contributed by atoms with Gasteiger partial charge in [0.15, 0.2) is 6.61 Å². The molecule has 2 amide bonds. The lowest BCUT2D eigenvalue weighted by atomic mass is 10.1. The molecule has 0 aromatic heterocycles. The average Bonchev–Trinajstić information content (AvgIpc) is 2.81. The van der Waals surface area contributed by atoms with Gasteiger partial charge in [-0.05, 0) is 30.0 Å². The Morgan fingerprint density at radius 3 is 2.09 bits per heavy atom. The van der Waals surface area contributed by atoms with Crippen LogP contribution in [0.1, 0.15) is 32.8 Å².